The number of hydrogen-bond acceptors (Lipinski definition) is 9. The molecule has 4 rings (SSSR count). The van der Waals surface area contributed by atoms with Gasteiger partial charge in [0.25, 0.3) is 10.1 Å². The molecule has 4 aromatic rings. The molecule has 0 fully saturated rings. The fourth-order valence-electron chi connectivity index (χ4n) is 2.43. The third-order valence-electron chi connectivity index (χ3n) is 3.98. The van der Waals surface area contributed by atoms with Crippen LogP contribution in [-0.2, 0) is 27.3 Å². The molecule has 0 amide bonds. The summed E-state index contributed by atoms with van der Waals surface area (Å²) in [4.78, 5) is 2.47. The van der Waals surface area contributed by atoms with Gasteiger partial charge < -0.3 is 0 Å². The standard InChI is InChI=1S/C10H11FN4O3S.C9H9ClN4/c1-7-3-4-8(11)9(5-7)15-13-10(12-14-15)6-18-19(2,16)17;1-2-9-11-13-14(12-9)8-5-3-4-7(10)6-8/h3-5H,6H2,1-2H3;3-6H,2H2,1H3. The lowest BCUT2D eigenvalue weighted by atomic mass is 10.2. The molecule has 0 bridgehead atoms. The van der Waals surface area contributed by atoms with Gasteiger partial charge in [0, 0.05) is 11.4 Å². The van der Waals surface area contributed by atoms with Crippen molar-refractivity contribution >= 4 is 21.7 Å². The zero-order valence-electron chi connectivity index (χ0n) is 17.9. The Morgan fingerprint density at radius 1 is 1.03 bits per heavy atom. The molecule has 0 N–H and O–H groups in total. The Labute approximate surface area is 194 Å². The molecular weight excluding hydrogens is 475 g/mol. The van der Waals surface area contributed by atoms with Crippen LogP contribution in [0.25, 0.3) is 11.4 Å². The van der Waals surface area contributed by atoms with Gasteiger partial charge in [-0.1, -0.05) is 30.7 Å². The molecule has 0 unspecified atom stereocenters. The minimum Gasteiger partial charge on any atom is -0.262 e. The molecule has 0 aliphatic carbocycles. The maximum atomic E-state index is 13.6. The highest BCUT2D eigenvalue weighted by Gasteiger charge is 2.11. The monoisotopic (exact) mass is 494 g/mol. The lowest BCUT2D eigenvalue weighted by molar-refractivity contribution is 0.302. The first-order valence-electron chi connectivity index (χ1n) is 9.59. The second-order valence-electron chi connectivity index (χ2n) is 6.74. The van der Waals surface area contributed by atoms with Gasteiger partial charge in [0.05, 0.1) is 11.9 Å². The minimum atomic E-state index is -3.58. The SMILES string of the molecule is CCc1nnn(-c2cccc(Cl)c2)n1.Cc1ccc(F)c(-n2nnc(COS(C)(=O)=O)n2)c1. The summed E-state index contributed by atoms with van der Waals surface area (Å²) in [7, 11) is -3.58. The maximum absolute atomic E-state index is 13.6. The molecule has 0 saturated carbocycles. The Kier molecular flexibility index (Phi) is 7.79. The van der Waals surface area contributed by atoms with Crippen molar-refractivity contribution in [1.82, 2.24) is 40.4 Å². The minimum absolute atomic E-state index is 0.0475. The first-order chi connectivity index (χ1) is 15.6. The fraction of sp³-hybridized carbons (Fsp3) is 0.263. The van der Waals surface area contributed by atoms with Gasteiger partial charge in [0.1, 0.15) is 12.3 Å². The number of aryl methyl sites for hydroxylation is 2. The Morgan fingerprint density at radius 2 is 1.73 bits per heavy atom. The number of tetrazole rings is 2. The van der Waals surface area contributed by atoms with Gasteiger partial charge in [-0.2, -0.15) is 8.42 Å². The largest absolute Gasteiger partial charge is 0.264 e. The van der Waals surface area contributed by atoms with Gasteiger partial charge in [-0.15, -0.1) is 30.0 Å². The molecule has 0 atom stereocenters. The van der Waals surface area contributed by atoms with E-state index in [9.17, 15) is 12.8 Å². The van der Waals surface area contributed by atoms with E-state index in [1.165, 1.54) is 10.9 Å². The van der Waals surface area contributed by atoms with Crippen LogP contribution < -0.4 is 0 Å². The first-order valence-corrected chi connectivity index (χ1v) is 11.8. The van der Waals surface area contributed by atoms with Crippen molar-refractivity contribution in [2.75, 3.05) is 6.26 Å². The molecule has 2 heterocycles. The quantitative estimate of drug-likeness (QED) is 0.371. The Hall–Kier alpha value is -3.29. The van der Waals surface area contributed by atoms with Gasteiger partial charge in [-0.3, -0.25) is 4.18 Å². The van der Waals surface area contributed by atoms with Crippen LogP contribution in [0.4, 0.5) is 4.39 Å². The predicted molar refractivity (Wildman–Crippen MR) is 117 cm³/mol. The second-order valence-corrected chi connectivity index (χ2v) is 8.83. The molecule has 2 aromatic heterocycles. The van der Waals surface area contributed by atoms with E-state index in [1.807, 2.05) is 25.1 Å². The highest BCUT2D eigenvalue weighted by atomic mass is 35.5. The molecule has 0 radical (unpaired) electrons. The summed E-state index contributed by atoms with van der Waals surface area (Å²) < 4.78 is 39.7. The fourth-order valence-corrected chi connectivity index (χ4v) is 2.94. The van der Waals surface area contributed by atoms with E-state index in [0.717, 1.165) is 34.5 Å². The smallest absolute Gasteiger partial charge is 0.262 e. The third-order valence-corrected chi connectivity index (χ3v) is 4.77. The summed E-state index contributed by atoms with van der Waals surface area (Å²) in [6, 6.07) is 11.8. The van der Waals surface area contributed by atoms with E-state index in [2.05, 4.69) is 35.0 Å². The van der Waals surface area contributed by atoms with Gasteiger partial charge in [-0.05, 0) is 53.2 Å². The summed E-state index contributed by atoms with van der Waals surface area (Å²) in [5, 5.41) is 23.7. The highest BCUT2D eigenvalue weighted by Crippen LogP contribution is 2.14. The molecule has 0 aliphatic rings. The highest BCUT2D eigenvalue weighted by molar-refractivity contribution is 7.85. The first kappa shape index (κ1) is 24.4. The summed E-state index contributed by atoms with van der Waals surface area (Å²) in [5.74, 6) is 0.273. The van der Waals surface area contributed by atoms with Crippen LogP contribution in [0, 0.1) is 12.7 Å². The number of rotatable bonds is 6. The summed E-state index contributed by atoms with van der Waals surface area (Å²) in [6.07, 6.45) is 1.69. The molecular formula is C19H20ClFN8O3S. The third kappa shape index (κ3) is 7.10. The van der Waals surface area contributed by atoms with E-state index in [1.54, 1.807) is 25.1 Å². The predicted octanol–water partition coefficient (Wildman–Crippen LogP) is 2.46. The maximum Gasteiger partial charge on any atom is 0.264 e. The average molecular weight is 495 g/mol. The summed E-state index contributed by atoms with van der Waals surface area (Å²) in [5.41, 5.74) is 1.80. The Morgan fingerprint density at radius 3 is 2.39 bits per heavy atom. The van der Waals surface area contributed by atoms with Gasteiger partial charge in [-0.25, -0.2) is 4.39 Å². The normalized spacial score (nSPS) is 11.2. The van der Waals surface area contributed by atoms with Crippen molar-refractivity contribution in [2.45, 2.75) is 26.9 Å². The lowest BCUT2D eigenvalue weighted by Gasteiger charge is -2.01. The van der Waals surface area contributed by atoms with Crippen LogP contribution in [0.15, 0.2) is 42.5 Å². The van der Waals surface area contributed by atoms with Crippen LogP contribution in [0.3, 0.4) is 0 Å². The van der Waals surface area contributed by atoms with Crippen LogP contribution in [0.1, 0.15) is 24.1 Å². The number of halogens is 2. The van der Waals surface area contributed by atoms with E-state index in [4.69, 9.17) is 11.6 Å². The van der Waals surface area contributed by atoms with Gasteiger partial charge in [0.15, 0.2) is 11.6 Å². The number of hydrogen-bond donors (Lipinski definition) is 0. The topological polar surface area (TPSA) is 131 Å². The Bertz CT molecular complexity index is 1340. The number of benzene rings is 2. The zero-order chi connectivity index (χ0) is 24.0. The van der Waals surface area contributed by atoms with Gasteiger partial charge in [0.2, 0.25) is 5.82 Å². The Balaban J connectivity index is 0.000000194. The zero-order valence-corrected chi connectivity index (χ0v) is 19.5. The molecule has 11 nitrogen and oxygen atoms in total. The summed E-state index contributed by atoms with van der Waals surface area (Å²) in [6.45, 7) is 3.44. The average Bonchev–Trinajstić information content (AvgIpc) is 3.44. The van der Waals surface area contributed by atoms with Crippen molar-refractivity contribution in [3.05, 3.63) is 70.5 Å². The van der Waals surface area contributed by atoms with Crippen LogP contribution in [-0.4, -0.2) is 55.1 Å². The second kappa shape index (κ2) is 10.6. The van der Waals surface area contributed by atoms with E-state index in [0.29, 0.717) is 5.02 Å². The van der Waals surface area contributed by atoms with Gasteiger partial charge >= 0.3 is 0 Å². The van der Waals surface area contributed by atoms with Crippen molar-refractivity contribution in [2.24, 2.45) is 0 Å². The summed E-state index contributed by atoms with van der Waals surface area (Å²) >= 11 is 5.85. The van der Waals surface area contributed by atoms with Crippen LogP contribution in [0.5, 0.6) is 0 Å². The molecule has 0 spiro atoms. The lowest BCUT2D eigenvalue weighted by Crippen LogP contribution is -2.05. The van der Waals surface area contributed by atoms with E-state index < -0.39 is 15.9 Å². The van der Waals surface area contributed by atoms with Crippen LogP contribution >= 0.6 is 11.6 Å². The van der Waals surface area contributed by atoms with Crippen molar-refractivity contribution in [3.63, 3.8) is 0 Å². The van der Waals surface area contributed by atoms with E-state index >= 15 is 0 Å². The van der Waals surface area contributed by atoms with Crippen molar-refractivity contribution < 1.29 is 17.0 Å². The number of aromatic nitrogens is 8. The van der Waals surface area contributed by atoms with Crippen LogP contribution in [0.2, 0.25) is 5.02 Å². The van der Waals surface area contributed by atoms with E-state index in [-0.39, 0.29) is 18.1 Å². The van der Waals surface area contributed by atoms with Crippen molar-refractivity contribution in [3.8, 4) is 11.4 Å². The molecule has 0 aliphatic heterocycles. The molecule has 2 aromatic carbocycles. The molecule has 174 valence electrons. The van der Waals surface area contributed by atoms with Crippen molar-refractivity contribution in [1.29, 1.82) is 0 Å². The molecule has 0 saturated heterocycles. The molecule has 33 heavy (non-hydrogen) atoms. The molecule has 14 heteroatoms. The number of nitrogens with zero attached hydrogens (tertiary/aromatic N) is 8.